The first-order valence-corrected chi connectivity index (χ1v) is 10.9. The van der Waals surface area contributed by atoms with Gasteiger partial charge in [-0.2, -0.15) is 23.1 Å². The smallest absolute Gasteiger partial charge is 0.417 e. The molecule has 0 amide bonds. The van der Waals surface area contributed by atoms with Crippen LogP contribution in [0.1, 0.15) is 12.0 Å². The standard InChI is InChI=1S/C21H16F5N5O2S/c1-32-20-30-15-10(18(31-20)33-8-4-5-28-7-8)6-11(21(24,25)26)13(14(15)23)9-2-3-12(22)17-16(9)29-19(27)34-17/h2-3,6,8,28H,4-5,7H2,1H3,(H2,27,29). The number of thiazole rings is 1. The van der Waals surface area contributed by atoms with Crippen LogP contribution in [-0.4, -0.2) is 41.3 Å². The zero-order valence-corrected chi connectivity index (χ0v) is 18.3. The van der Waals surface area contributed by atoms with E-state index in [4.69, 9.17) is 15.2 Å². The highest BCUT2D eigenvalue weighted by Crippen LogP contribution is 2.45. The number of halogens is 5. The molecule has 178 valence electrons. The molecule has 1 aliphatic heterocycles. The molecule has 13 heteroatoms. The molecule has 1 aliphatic rings. The van der Waals surface area contributed by atoms with E-state index in [-0.39, 0.29) is 44.3 Å². The fraction of sp³-hybridized carbons (Fsp3) is 0.286. The SMILES string of the molecule is COc1nc(OC2CCNC2)c2cc(C(F)(F)F)c(-c3ccc(F)c4sc(N)nc34)c(F)c2n1. The van der Waals surface area contributed by atoms with E-state index in [1.165, 1.54) is 7.11 Å². The maximum Gasteiger partial charge on any atom is 0.417 e. The quantitative estimate of drug-likeness (QED) is 0.400. The van der Waals surface area contributed by atoms with Gasteiger partial charge in [-0.15, -0.1) is 0 Å². The molecular formula is C21H16F5N5O2S. The summed E-state index contributed by atoms with van der Waals surface area (Å²) in [6, 6.07) is 2.44. The molecule has 1 unspecified atom stereocenters. The van der Waals surface area contributed by atoms with E-state index >= 15 is 4.39 Å². The number of nitrogens with one attached hydrogen (secondary N) is 1. The molecule has 0 saturated carbocycles. The van der Waals surface area contributed by atoms with Crippen LogP contribution in [0.15, 0.2) is 18.2 Å². The van der Waals surface area contributed by atoms with Gasteiger partial charge in [-0.25, -0.2) is 13.8 Å². The van der Waals surface area contributed by atoms with Gasteiger partial charge in [0.05, 0.1) is 28.3 Å². The number of rotatable bonds is 4. The van der Waals surface area contributed by atoms with E-state index in [9.17, 15) is 17.6 Å². The number of benzene rings is 2. The minimum absolute atomic E-state index is 0.0686. The Bertz CT molecular complexity index is 1420. The van der Waals surface area contributed by atoms with Crippen molar-refractivity contribution in [1.82, 2.24) is 20.3 Å². The van der Waals surface area contributed by atoms with E-state index in [0.717, 1.165) is 29.5 Å². The monoisotopic (exact) mass is 497 g/mol. The van der Waals surface area contributed by atoms with Crippen LogP contribution in [0.3, 0.4) is 0 Å². The number of hydrogen-bond acceptors (Lipinski definition) is 8. The van der Waals surface area contributed by atoms with Crippen LogP contribution in [0, 0.1) is 11.6 Å². The highest BCUT2D eigenvalue weighted by molar-refractivity contribution is 7.22. The zero-order valence-electron chi connectivity index (χ0n) is 17.5. The van der Waals surface area contributed by atoms with Gasteiger partial charge < -0.3 is 20.5 Å². The van der Waals surface area contributed by atoms with Crippen molar-refractivity contribution in [3.63, 3.8) is 0 Å². The first-order chi connectivity index (χ1) is 16.2. The number of nitrogens with two attached hydrogens (primary N) is 1. The van der Waals surface area contributed by atoms with Crippen LogP contribution in [0.4, 0.5) is 27.1 Å². The van der Waals surface area contributed by atoms with Gasteiger partial charge in [-0.3, -0.25) is 0 Å². The fourth-order valence-corrected chi connectivity index (χ4v) is 4.69. The topological polar surface area (TPSA) is 95.2 Å². The summed E-state index contributed by atoms with van der Waals surface area (Å²) in [5.74, 6) is -2.25. The van der Waals surface area contributed by atoms with Crippen LogP contribution < -0.4 is 20.5 Å². The minimum atomic E-state index is -4.97. The van der Waals surface area contributed by atoms with Crippen LogP contribution in [0.25, 0.3) is 32.2 Å². The van der Waals surface area contributed by atoms with Crippen molar-refractivity contribution in [3.8, 4) is 23.0 Å². The Kier molecular flexibility index (Phi) is 5.40. The number of anilines is 1. The van der Waals surface area contributed by atoms with Crippen LogP contribution in [0.5, 0.6) is 11.9 Å². The number of alkyl halides is 3. The van der Waals surface area contributed by atoms with E-state index in [0.29, 0.717) is 19.5 Å². The van der Waals surface area contributed by atoms with Crippen molar-refractivity contribution in [2.45, 2.75) is 18.7 Å². The van der Waals surface area contributed by atoms with Gasteiger partial charge in [0.1, 0.15) is 17.4 Å². The zero-order chi connectivity index (χ0) is 24.2. The summed E-state index contributed by atoms with van der Waals surface area (Å²) >= 11 is 0.753. The van der Waals surface area contributed by atoms with Crippen LogP contribution >= 0.6 is 11.3 Å². The Hall–Kier alpha value is -3.32. The molecule has 34 heavy (non-hydrogen) atoms. The lowest BCUT2D eigenvalue weighted by Crippen LogP contribution is -2.20. The highest BCUT2D eigenvalue weighted by Gasteiger charge is 2.38. The Morgan fingerprint density at radius 1 is 1.15 bits per heavy atom. The van der Waals surface area contributed by atoms with Gasteiger partial charge in [0.2, 0.25) is 5.88 Å². The summed E-state index contributed by atoms with van der Waals surface area (Å²) < 4.78 is 83.6. The molecular weight excluding hydrogens is 481 g/mol. The summed E-state index contributed by atoms with van der Waals surface area (Å²) in [5, 5.41) is 2.74. The third-order valence-electron chi connectivity index (χ3n) is 5.44. The second kappa shape index (κ2) is 8.17. The second-order valence-corrected chi connectivity index (χ2v) is 8.61. The molecule has 0 aliphatic carbocycles. The summed E-state index contributed by atoms with van der Waals surface area (Å²) in [7, 11) is 1.24. The summed E-state index contributed by atoms with van der Waals surface area (Å²) in [5.41, 5.74) is 2.64. The van der Waals surface area contributed by atoms with E-state index in [2.05, 4.69) is 20.3 Å². The predicted octanol–water partition coefficient (Wildman–Crippen LogP) is 4.54. The first kappa shape index (κ1) is 22.5. The van der Waals surface area contributed by atoms with Crippen molar-refractivity contribution >= 4 is 37.6 Å². The molecule has 4 aromatic rings. The molecule has 0 bridgehead atoms. The molecule has 1 saturated heterocycles. The van der Waals surface area contributed by atoms with Gasteiger partial charge in [0, 0.05) is 17.7 Å². The molecule has 2 aromatic heterocycles. The Balaban J connectivity index is 1.84. The largest absolute Gasteiger partial charge is 0.472 e. The molecule has 0 spiro atoms. The highest BCUT2D eigenvalue weighted by atomic mass is 32.1. The molecule has 5 rings (SSSR count). The number of methoxy groups -OCH3 is 1. The van der Waals surface area contributed by atoms with Crippen LogP contribution in [0.2, 0.25) is 0 Å². The van der Waals surface area contributed by atoms with Gasteiger partial charge in [0.25, 0.3) is 0 Å². The lowest BCUT2D eigenvalue weighted by Gasteiger charge is -2.19. The molecule has 2 aromatic carbocycles. The summed E-state index contributed by atoms with van der Waals surface area (Å²) in [6.45, 7) is 1.12. The minimum Gasteiger partial charge on any atom is -0.472 e. The number of nitrogen functional groups attached to an aromatic ring is 1. The predicted molar refractivity (Wildman–Crippen MR) is 116 cm³/mol. The van der Waals surface area contributed by atoms with E-state index < -0.39 is 34.5 Å². The molecule has 7 nitrogen and oxygen atoms in total. The third-order valence-corrected chi connectivity index (χ3v) is 6.33. The van der Waals surface area contributed by atoms with Crippen molar-refractivity contribution in [2.75, 3.05) is 25.9 Å². The van der Waals surface area contributed by atoms with E-state index in [1.807, 2.05) is 0 Å². The van der Waals surface area contributed by atoms with Gasteiger partial charge >= 0.3 is 12.2 Å². The lowest BCUT2D eigenvalue weighted by molar-refractivity contribution is -0.137. The fourth-order valence-electron chi connectivity index (χ4n) is 3.93. The number of hydrogen-bond donors (Lipinski definition) is 2. The number of aromatic nitrogens is 3. The van der Waals surface area contributed by atoms with Gasteiger partial charge in [-0.05, 0) is 31.2 Å². The van der Waals surface area contributed by atoms with Crippen molar-refractivity contribution in [1.29, 1.82) is 0 Å². The average Bonchev–Trinajstić information content (AvgIpc) is 3.43. The molecule has 0 radical (unpaired) electrons. The maximum absolute atomic E-state index is 15.9. The van der Waals surface area contributed by atoms with Crippen molar-refractivity contribution in [2.24, 2.45) is 0 Å². The number of nitrogens with zero attached hydrogens (tertiary/aromatic N) is 3. The molecule has 1 fully saturated rings. The average molecular weight is 497 g/mol. The molecule has 1 atom stereocenters. The lowest BCUT2D eigenvalue weighted by atomic mass is 9.95. The Labute approximate surface area is 192 Å². The second-order valence-electron chi connectivity index (χ2n) is 7.58. The Morgan fingerprint density at radius 3 is 2.62 bits per heavy atom. The van der Waals surface area contributed by atoms with Crippen LogP contribution in [-0.2, 0) is 6.18 Å². The number of fused-ring (bicyclic) bond motifs is 2. The van der Waals surface area contributed by atoms with Crippen molar-refractivity contribution in [3.05, 3.63) is 35.4 Å². The maximum atomic E-state index is 15.9. The van der Waals surface area contributed by atoms with E-state index in [1.54, 1.807) is 0 Å². The molecule has 3 N–H and O–H groups in total. The Morgan fingerprint density at radius 2 is 1.94 bits per heavy atom. The normalized spacial score (nSPS) is 16.5. The third kappa shape index (κ3) is 3.74. The molecule has 3 heterocycles. The van der Waals surface area contributed by atoms with Gasteiger partial charge in [0.15, 0.2) is 10.9 Å². The first-order valence-electron chi connectivity index (χ1n) is 10.0. The summed E-state index contributed by atoms with van der Waals surface area (Å²) in [4.78, 5) is 11.9. The van der Waals surface area contributed by atoms with Crippen molar-refractivity contribution < 1.29 is 31.4 Å². The van der Waals surface area contributed by atoms with Gasteiger partial charge in [-0.1, -0.05) is 11.3 Å². The summed E-state index contributed by atoms with van der Waals surface area (Å²) in [6.07, 6.45) is -4.74. The number of ether oxygens (including phenoxy) is 2.